The normalized spacial score (nSPS) is 10.4. The third kappa shape index (κ3) is 5.25. The van der Waals surface area contributed by atoms with Crippen LogP contribution in [0, 0.1) is 6.92 Å². The summed E-state index contributed by atoms with van der Waals surface area (Å²) in [6.45, 7) is 3.15. The number of halogens is 1. The molecule has 0 aliphatic carbocycles. The maximum absolute atomic E-state index is 11.0. The Balaban J connectivity index is 1.59. The van der Waals surface area contributed by atoms with E-state index in [0.717, 1.165) is 22.6 Å². The number of carboxylic acids is 1. The van der Waals surface area contributed by atoms with Crippen molar-refractivity contribution >= 4 is 23.3 Å². The van der Waals surface area contributed by atoms with E-state index in [-0.39, 0.29) is 10.6 Å². The van der Waals surface area contributed by atoms with E-state index in [1.54, 1.807) is 12.1 Å². The highest BCUT2D eigenvalue weighted by molar-refractivity contribution is 6.33. The van der Waals surface area contributed by atoms with Crippen molar-refractivity contribution in [1.29, 1.82) is 0 Å². The molecule has 0 unspecified atom stereocenters. The van der Waals surface area contributed by atoms with Gasteiger partial charge in [-0.1, -0.05) is 53.6 Å². The van der Waals surface area contributed by atoms with Gasteiger partial charge in [0, 0.05) is 12.2 Å². The van der Waals surface area contributed by atoms with E-state index in [2.05, 4.69) is 36.5 Å². The lowest BCUT2D eigenvalue weighted by atomic mass is 10.1. The molecule has 5 heteroatoms. The summed E-state index contributed by atoms with van der Waals surface area (Å²) in [4.78, 5) is 11.0. The minimum atomic E-state index is -1.04. The maximum Gasteiger partial charge on any atom is 0.337 e. The summed E-state index contributed by atoms with van der Waals surface area (Å²) in [5.41, 5.74) is 4.25. The topological polar surface area (TPSA) is 58.6 Å². The lowest BCUT2D eigenvalue weighted by molar-refractivity contribution is 0.0697. The van der Waals surface area contributed by atoms with Crippen molar-refractivity contribution in [3.63, 3.8) is 0 Å². The van der Waals surface area contributed by atoms with Gasteiger partial charge in [-0.25, -0.2) is 4.79 Å². The molecule has 2 N–H and O–H groups in total. The zero-order valence-electron chi connectivity index (χ0n) is 14.9. The van der Waals surface area contributed by atoms with E-state index in [9.17, 15) is 4.79 Å². The molecule has 3 aromatic carbocycles. The van der Waals surface area contributed by atoms with E-state index in [1.165, 1.54) is 11.6 Å². The van der Waals surface area contributed by atoms with Crippen molar-refractivity contribution in [2.24, 2.45) is 0 Å². The highest BCUT2D eigenvalue weighted by atomic mass is 35.5. The van der Waals surface area contributed by atoms with Crippen molar-refractivity contribution in [3.05, 3.63) is 94.0 Å². The molecule has 138 valence electrons. The van der Waals surface area contributed by atoms with Crippen LogP contribution >= 0.6 is 11.6 Å². The summed E-state index contributed by atoms with van der Waals surface area (Å²) in [5, 5.41) is 12.5. The second-order valence-corrected chi connectivity index (χ2v) is 6.68. The van der Waals surface area contributed by atoms with Crippen LogP contribution in [0.5, 0.6) is 5.75 Å². The van der Waals surface area contributed by atoms with Crippen molar-refractivity contribution in [2.75, 3.05) is 5.32 Å². The van der Waals surface area contributed by atoms with Crippen LogP contribution in [-0.4, -0.2) is 11.1 Å². The molecule has 0 aromatic heterocycles. The molecule has 3 rings (SSSR count). The van der Waals surface area contributed by atoms with Gasteiger partial charge in [0.15, 0.2) is 0 Å². The number of carboxylic acid groups (broad SMARTS) is 1. The van der Waals surface area contributed by atoms with Gasteiger partial charge >= 0.3 is 5.97 Å². The molecule has 0 saturated carbocycles. The first kappa shape index (κ1) is 18.8. The molecule has 0 spiro atoms. The number of benzene rings is 3. The SMILES string of the molecule is Cc1ccc(COc2cccc(CNc3ccc(C(=O)O)c(Cl)c3)c2)cc1. The van der Waals surface area contributed by atoms with Crippen molar-refractivity contribution in [2.45, 2.75) is 20.1 Å². The number of hydrogen-bond acceptors (Lipinski definition) is 3. The molecular weight excluding hydrogens is 362 g/mol. The van der Waals surface area contributed by atoms with Gasteiger partial charge in [0.05, 0.1) is 10.6 Å². The molecule has 3 aromatic rings. The van der Waals surface area contributed by atoms with Crippen LogP contribution in [0.1, 0.15) is 27.0 Å². The van der Waals surface area contributed by atoms with Gasteiger partial charge in [-0.2, -0.15) is 0 Å². The van der Waals surface area contributed by atoms with Crippen LogP contribution in [-0.2, 0) is 13.2 Å². The number of aryl methyl sites for hydroxylation is 1. The van der Waals surface area contributed by atoms with E-state index >= 15 is 0 Å². The average Bonchev–Trinajstić information content (AvgIpc) is 2.66. The molecule has 0 amide bonds. The number of aromatic carboxylic acids is 1. The van der Waals surface area contributed by atoms with Crippen LogP contribution in [0.4, 0.5) is 5.69 Å². The van der Waals surface area contributed by atoms with E-state index in [4.69, 9.17) is 21.4 Å². The van der Waals surface area contributed by atoms with Crippen LogP contribution < -0.4 is 10.1 Å². The Morgan fingerprint density at radius 2 is 1.81 bits per heavy atom. The molecule has 4 nitrogen and oxygen atoms in total. The standard InChI is InChI=1S/C22H20ClNO3/c1-15-5-7-16(8-6-15)14-27-19-4-2-3-17(11-19)13-24-18-9-10-20(22(25)26)21(23)12-18/h2-12,24H,13-14H2,1H3,(H,25,26). The smallest absolute Gasteiger partial charge is 0.337 e. The number of carbonyl (C=O) groups is 1. The van der Waals surface area contributed by atoms with Crippen LogP contribution in [0.2, 0.25) is 5.02 Å². The van der Waals surface area contributed by atoms with Crippen LogP contribution in [0.25, 0.3) is 0 Å². The van der Waals surface area contributed by atoms with Gasteiger partial charge in [-0.3, -0.25) is 0 Å². The first-order valence-corrected chi connectivity index (χ1v) is 8.93. The zero-order chi connectivity index (χ0) is 19.2. The summed E-state index contributed by atoms with van der Waals surface area (Å²) in [6, 6.07) is 20.9. The molecule has 0 atom stereocenters. The summed E-state index contributed by atoms with van der Waals surface area (Å²) in [5.74, 6) is -0.237. The molecule has 0 fully saturated rings. The Hall–Kier alpha value is -2.98. The van der Waals surface area contributed by atoms with E-state index in [1.807, 2.05) is 24.3 Å². The summed E-state index contributed by atoms with van der Waals surface area (Å²) < 4.78 is 5.87. The summed E-state index contributed by atoms with van der Waals surface area (Å²) >= 11 is 6.00. The third-order valence-corrected chi connectivity index (χ3v) is 4.43. The second-order valence-electron chi connectivity index (χ2n) is 6.28. The van der Waals surface area contributed by atoms with E-state index in [0.29, 0.717) is 13.2 Å². The Morgan fingerprint density at radius 1 is 1.04 bits per heavy atom. The van der Waals surface area contributed by atoms with Crippen molar-refractivity contribution in [1.82, 2.24) is 0 Å². The van der Waals surface area contributed by atoms with E-state index < -0.39 is 5.97 Å². The van der Waals surface area contributed by atoms with Gasteiger partial charge in [-0.05, 0) is 48.4 Å². The Morgan fingerprint density at radius 3 is 2.52 bits per heavy atom. The molecule has 0 aliphatic heterocycles. The third-order valence-electron chi connectivity index (χ3n) is 4.12. The fourth-order valence-corrected chi connectivity index (χ4v) is 2.86. The fourth-order valence-electron chi connectivity index (χ4n) is 2.60. The maximum atomic E-state index is 11.0. The monoisotopic (exact) mass is 381 g/mol. The minimum absolute atomic E-state index is 0.0914. The fraction of sp³-hybridized carbons (Fsp3) is 0.136. The Bertz CT molecular complexity index is 939. The summed E-state index contributed by atoms with van der Waals surface area (Å²) in [6.07, 6.45) is 0. The minimum Gasteiger partial charge on any atom is -0.489 e. The number of hydrogen-bond donors (Lipinski definition) is 2. The van der Waals surface area contributed by atoms with Crippen LogP contribution in [0.3, 0.4) is 0 Å². The molecule has 0 heterocycles. The Kier molecular flexibility index (Phi) is 5.99. The molecule has 0 aliphatic rings. The van der Waals surface area contributed by atoms with Gasteiger partial charge in [0.25, 0.3) is 0 Å². The van der Waals surface area contributed by atoms with Crippen LogP contribution in [0.15, 0.2) is 66.7 Å². The van der Waals surface area contributed by atoms with Crippen molar-refractivity contribution < 1.29 is 14.6 Å². The lowest BCUT2D eigenvalue weighted by Crippen LogP contribution is -2.02. The predicted octanol–water partition coefficient (Wildman–Crippen LogP) is 5.54. The van der Waals surface area contributed by atoms with Gasteiger partial charge < -0.3 is 15.2 Å². The molecule has 0 saturated heterocycles. The highest BCUT2D eigenvalue weighted by Gasteiger charge is 2.08. The van der Waals surface area contributed by atoms with Gasteiger partial charge in [-0.15, -0.1) is 0 Å². The number of rotatable bonds is 7. The zero-order valence-corrected chi connectivity index (χ0v) is 15.7. The predicted molar refractivity (Wildman–Crippen MR) is 108 cm³/mol. The first-order valence-electron chi connectivity index (χ1n) is 8.55. The van der Waals surface area contributed by atoms with Crippen molar-refractivity contribution in [3.8, 4) is 5.75 Å². The average molecular weight is 382 g/mol. The Labute approximate surface area is 163 Å². The number of nitrogens with one attached hydrogen (secondary N) is 1. The molecular formula is C22H20ClNO3. The van der Waals surface area contributed by atoms with Gasteiger partial charge in [0.2, 0.25) is 0 Å². The highest BCUT2D eigenvalue weighted by Crippen LogP contribution is 2.22. The summed E-state index contributed by atoms with van der Waals surface area (Å²) in [7, 11) is 0. The van der Waals surface area contributed by atoms with Gasteiger partial charge in [0.1, 0.15) is 12.4 Å². The largest absolute Gasteiger partial charge is 0.489 e. The lowest BCUT2D eigenvalue weighted by Gasteiger charge is -2.11. The number of anilines is 1. The first-order chi connectivity index (χ1) is 13.0. The second kappa shape index (κ2) is 8.60. The molecule has 0 bridgehead atoms. The number of ether oxygens (including phenoxy) is 1. The molecule has 0 radical (unpaired) electrons. The quantitative estimate of drug-likeness (QED) is 0.564. The molecule has 27 heavy (non-hydrogen) atoms.